The standard InChI is InChI=1S/C21H27N3O4S/c1-12-22-19-17(18(29-12)13-6-7-15(26-4)16(10-13)27-5)20(25)23-24(19)14-8-9-28-21(2,3)11-14/h6-7,10,14,18H,8-9,11H2,1-5H3,(H,23,25). The van der Waals surface area contributed by atoms with E-state index in [2.05, 4.69) is 18.9 Å². The van der Waals surface area contributed by atoms with Gasteiger partial charge in [-0.3, -0.25) is 14.6 Å². The molecule has 1 saturated heterocycles. The molecular weight excluding hydrogens is 390 g/mol. The fourth-order valence-corrected chi connectivity index (χ4v) is 5.24. The molecule has 2 aromatic rings. The first-order valence-electron chi connectivity index (χ1n) is 9.75. The lowest BCUT2D eigenvalue weighted by atomic mass is 9.94. The van der Waals surface area contributed by atoms with E-state index in [0.29, 0.717) is 23.7 Å². The zero-order valence-corrected chi connectivity index (χ0v) is 18.3. The molecule has 0 radical (unpaired) electrons. The van der Waals surface area contributed by atoms with Crippen molar-refractivity contribution in [3.63, 3.8) is 0 Å². The topological polar surface area (TPSA) is 77.8 Å². The number of rotatable bonds is 4. The van der Waals surface area contributed by atoms with Crippen LogP contribution in [-0.4, -0.2) is 41.3 Å². The van der Waals surface area contributed by atoms with Crippen LogP contribution in [0.15, 0.2) is 28.0 Å². The Labute approximate surface area is 174 Å². The fourth-order valence-electron chi connectivity index (χ4n) is 4.14. The lowest BCUT2D eigenvalue weighted by Gasteiger charge is -2.36. The Morgan fingerprint density at radius 1 is 1.28 bits per heavy atom. The molecule has 0 spiro atoms. The molecule has 156 valence electrons. The summed E-state index contributed by atoms with van der Waals surface area (Å²) in [5, 5.41) is 3.84. The molecule has 3 heterocycles. The molecule has 8 heteroatoms. The summed E-state index contributed by atoms with van der Waals surface area (Å²) < 4.78 is 18.6. The Morgan fingerprint density at radius 2 is 2.03 bits per heavy atom. The summed E-state index contributed by atoms with van der Waals surface area (Å²) in [6.45, 7) is 6.83. The summed E-state index contributed by atoms with van der Waals surface area (Å²) in [6, 6.07) is 5.95. The van der Waals surface area contributed by atoms with Crippen molar-refractivity contribution in [1.29, 1.82) is 0 Å². The monoisotopic (exact) mass is 417 g/mol. The van der Waals surface area contributed by atoms with Gasteiger partial charge in [-0.05, 0) is 51.3 Å². The molecule has 2 unspecified atom stereocenters. The number of thioether (sulfide) groups is 1. The smallest absolute Gasteiger partial charge is 0.271 e. The first kappa shape index (κ1) is 20.1. The highest BCUT2D eigenvalue weighted by Gasteiger charge is 2.36. The first-order valence-corrected chi connectivity index (χ1v) is 10.6. The Balaban J connectivity index is 1.78. The molecule has 7 nitrogen and oxygen atoms in total. The Hall–Kier alpha value is -2.19. The van der Waals surface area contributed by atoms with Gasteiger partial charge < -0.3 is 14.2 Å². The van der Waals surface area contributed by atoms with Crippen molar-refractivity contribution >= 4 is 22.6 Å². The van der Waals surface area contributed by atoms with Crippen molar-refractivity contribution in [2.24, 2.45) is 4.99 Å². The van der Waals surface area contributed by atoms with Crippen molar-refractivity contribution in [2.75, 3.05) is 20.8 Å². The van der Waals surface area contributed by atoms with Crippen molar-refractivity contribution in [3.8, 4) is 11.5 Å². The van der Waals surface area contributed by atoms with Gasteiger partial charge in [0.15, 0.2) is 17.3 Å². The lowest BCUT2D eigenvalue weighted by molar-refractivity contribution is -0.0705. The minimum atomic E-state index is -0.220. The van der Waals surface area contributed by atoms with Gasteiger partial charge in [-0.1, -0.05) is 17.8 Å². The van der Waals surface area contributed by atoms with Gasteiger partial charge >= 0.3 is 0 Å². The summed E-state index contributed by atoms with van der Waals surface area (Å²) in [7, 11) is 3.23. The van der Waals surface area contributed by atoms with Crippen LogP contribution >= 0.6 is 11.8 Å². The van der Waals surface area contributed by atoms with Crippen LogP contribution in [-0.2, 0) is 4.74 Å². The molecule has 1 fully saturated rings. The zero-order chi connectivity index (χ0) is 20.8. The number of nitrogens with one attached hydrogen (secondary N) is 1. The van der Waals surface area contributed by atoms with Gasteiger partial charge in [-0.2, -0.15) is 0 Å². The van der Waals surface area contributed by atoms with Gasteiger partial charge in [0.1, 0.15) is 0 Å². The predicted molar refractivity (Wildman–Crippen MR) is 115 cm³/mol. The summed E-state index contributed by atoms with van der Waals surface area (Å²) in [5.41, 5.74) is 1.37. The summed E-state index contributed by atoms with van der Waals surface area (Å²) in [5.74, 6) is 2.04. The minimum Gasteiger partial charge on any atom is -0.493 e. The molecule has 1 N–H and O–H groups in total. The van der Waals surface area contributed by atoms with Crippen LogP contribution in [0.2, 0.25) is 0 Å². The van der Waals surface area contributed by atoms with Crippen LogP contribution in [0.3, 0.4) is 0 Å². The van der Waals surface area contributed by atoms with Crippen LogP contribution in [0.4, 0.5) is 5.82 Å². The third kappa shape index (κ3) is 3.71. The molecule has 2 aliphatic rings. The summed E-state index contributed by atoms with van der Waals surface area (Å²) in [6.07, 6.45) is 1.68. The van der Waals surface area contributed by atoms with Crippen molar-refractivity contribution in [3.05, 3.63) is 39.7 Å². The maximum atomic E-state index is 13.0. The van der Waals surface area contributed by atoms with Gasteiger partial charge in [-0.25, -0.2) is 4.99 Å². The second-order valence-electron chi connectivity index (χ2n) is 8.05. The quantitative estimate of drug-likeness (QED) is 0.806. The minimum absolute atomic E-state index is 0.0900. The number of aromatic nitrogens is 2. The fraction of sp³-hybridized carbons (Fsp3) is 0.524. The third-order valence-electron chi connectivity index (χ3n) is 5.50. The Bertz CT molecular complexity index is 1010. The number of benzene rings is 1. The van der Waals surface area contributed by atoms with Gasteiger partial charge in [0.25, 0.3) is 5.56 Å². The molecule has 0 bridgehead atoms. The molecule has 4 rings (SSSR count). The van der Waals surface area contributed by atoms with E-state index >= 15 is 0 Å². The number of nitrogens with zero attached hydrogens (tertiary/aromatic N) is 2. The van der Waals surface area contributed by atoms with Crippen LogP contribution in [0.25, 0.3) is 0 Å². The van der Waals surface area contributed by atoms with Crippen LogP contribution < -0.4 is 15.0 Å². The summed E-state index contributed by atoms with van der Waals surface area (Å²) >= 11 is 1.58. The maximum absolute atomic E-state index is 13.0. The third-order valence-corrected chi connectivity index (χ3v) is 6.67. The largest absolute Gasteiger partial charge is 0.493 e. The number of ether oxygens (including phenoxy) is 3. The highest BCUT2D eigenvalue weighted by molar-refractivity contribution is 8.14. The molecule has 0 saturated carbocycles. The highest BCUT2D eigenvalue weighted by atomic mass is 32.2. The van der Waals surface area contributed by atoms with Crippen LogP contribution in [0.1, 0.15) is 56.0 Å². The Kier molecular flexibility index (Phi) is 5.25. The number of H-pyrrole nitrogens is 1. The van der Waals surface area contributed by atoms with E-state index in [0.717, 1.165) is 29.3 Å². The molecule has 1 aromatic carbocycles. The Morgan fingerprint density at radius 3 is 2.72 bits per heavy atom. The number of hydrogen-bond acceptors (Lipinski definition) is 6. The molecular formula is C21H27N3O4S. The average molecular weight is 418 g/mol. The number of fused-ring (bicyclic) bond motifs is 1. The summed E-state index contributed by atoms with van der Waals surface area (Å²) in [4.78, 5) is 17.8. The van der Waals surface area contributed by atoms with E-state index in [1.807, 2.05) is 29.8 Å². The van der Waals surface area contributed by atoms with Crippen molar-refractivity contribution in [1.82, 2.24) is 9.78 Å². The predicted octanol–water partition coefficient (Wildman–Crippen LogP) is 4.21. The van der Waals surface area contributed by atoms with E-state index in [-0.39, 0.29) is 22.5 Å². The van der Waals surface area contributed by atoms with Gasteiger partial charge in [0.2, 0.25) is 0 Å². The lowest BCUT2D eigenvalue weighted by Crippen LogP contribution is -2.35. The molecule has 0 aliphatic carbocycles. The van der Waals surface area contributed by atoms with E-state index in [1.165, 1.54) is 0 Å². The normalized spacial score (nSPS) is 23.3. The van der Waals surface area contributed by atoms with Gasteiger partial charge in [0.05, 0.1) is 41.7 Å². The number of hydrogen-bond donors (Lipinski definition) is 1. The first-order chi connectivity index (χ1) is 13.8. The second-order valence-corrected chi connectivity index (χ2v) is 9.34. The van der Waals surface area contributed by atoms with Gasteiger partial charge in [-0.15, -0.1) is 0 Å². The molecule has 2 atom stereocenters. The number of methoxy groups -OCH3 is 2. The zero-order valence-electron chi connectivity index (χ0n) is 17.4. The van der Waals surface area contributed by atoms with E-state index < -0.39 is 0 Å². The van der Waals surface area contributed by atoms with Crippen molar-refractivity contribution in [2.45, 2.75) is 50.5 Å². The number of aliphatic imine (C=N–C) groups is 1. The second kappa shape index (κ2) is 7.57. The maximum Gasteiger partial charge on any atom is 0.271 e. The van der Waals surface area contributed by atoms with Crippen LogP contribution in [0, 0.1) is 0 Å². The molecule has 0 amide bonds. The molecule has 29 heavy (non-hydrogen) atoms. The van der Waals surface area contributed by atoms with E-state index in [9.17, 15) is 4.79 Å². The number of aromatic amines is 1. The van der Waals surface area contributed by atoms with Crippen molar-refractivity contribution < 1.29 is 14.2 Å². The molecule has 1 aromatic heterocycles. The highest BCUT2D eigenvalue weighted by Crippen LogP contribution is 2.46. The molecule has 2 aliphatic heterocycles. The SMILES string of the molecule is COc1ccc(C2SC(C)=Nc3c2c(=O)[nH]n3C2CCOC(C)(C)C2)cc1OC. The van der Waals surface area contributed by atoms with Crippen LogP contribution in [0.5, 0.6) is 11.5 Å². The van der Waals surface area contributed by atoms with E-state index in [4.69, 9.17) is 19.2 Å². The van der Waals surface area contributed by atoms with Gasteiger partial charge in [0, 0.05) is 6.61 Å². The van der Waals surface area contributed by atoms with E-state index in [1.54, 1.807) is 26.0 Å². The average Bonchev–Trinajstić information content (AvgIpc) is 3.02.